The third kappa shape index (κ3) is 2.49. The lowest BCUT2D eigenvalue weighted by Gasteiger charge is -2.12. The van der Waals surface area contributed by atoms with Crippen molar-refractivity contribution in [1.82, 2.24) is 9.78 Å². The molecule has 0 amide bonds. The first-order chi connectivity index (χ1) is 9.25. The average Bonchev–Trinajstić information content (AvgIpc) is 2.80. The summed E-state index contributed by atoms with van der Waals surface area (Å²) < 4.78 is 78.5. The predicted molar refractivity (Wildman–Crippen MR) is 60.2 cm³/mol. The summed E-state index contributed by atoms with van der Waals surface area (Å²) in [4.78, 5) is 0. The highest BCUT2D eigenvalue weighted by atomic mass is 32.2. The Morgan fingerprint density at radius 1 is 1.15 bits per heavy atom. The standard InChI is InChI=1S/C11H6F6N2S/c1-20-7-2-3-19(18-7)6-4-5(12)8(11(15,16)17)10(14)9(6)13/h2-4H,1H3. The van der Waals surface area contributed by atoms with Crippen LogP contribution in [0.4, 0.5) is 26.3 Å². The summed E-state index contributed by atoms with van der Waals surface area (Å²) in [5.41, 5.74) is -2.98. The van der Waals surface area contributed by atoms with Crippen LogP contribution in [0.3, 0.4) is 0 Å². The van der Waals surface area contributed by atoms with Crippen LogP contribution >= 0.6 is 11.8 Å². The molecule has 1 aromatic heterocycles. The molecule has 2 nitrogen and oxygen atoms in total. The Kier molecular flexibility index (Phi) is 3.72. The molecule has 0 aliphatic carbocycles. The third-order valence-electron chi connectivity index (χ3n) is 2.44. The molecule has 20 heavy (non-hydrogen) atoms. The van der Waals surface area contributed by atoms with Crippen LogP contribution in [0, 0.1) is 17.5 Å². The zero-order chi connectivity index (χ0) is 15.1. The van der Waals surface area contributed by atoms with Gasteiger partial charge in [0.15, 0.2) is 11.6 Å². The lowest BCUT2D eigenvalue weighted by Crippen LogP contribution is -2.15. The zero-order valence-corrected chi connectivity index (χ0v) is 10.6. The Morgan fingerprint density at radius 3 is 2.30 bits per heavy atom. The van der Waals surface area contributed by atoms with Crippen LogP contribution in [0.25, 0.3) is 5.69 Å². The average molecular weight is 312 g/mol. The second kappa shape index (κ2) is 5.04. The van der Waals surface area contributed by atoms with Crippen molar-refractivity contribution in [3.63, 3.8) is 0 Å². The quantitative estimate of drug-likeness (QED) is 0.473. The monoisotopic (exact) mass is 312 g/mol. The summed E-state index contributed by atoms with van der Waals surface area (Å²) >= 11 is 1.18. The van der Waals surface area contributed by atoms with Gasteiger partial charge in [-0.3, -0.25) is 0 Å². The van der Waals surface area contributed by atoms with Gasteiger partial charge in [0.05, 0.1) is 0 Å². The van der Waals surface area contributed by atoms with Crippen LogP contribution in [0.15, 0.2) is 23.4 Å². The van der Waals surface area contributed by atoms with Gasteiger partial charge in [-0.05, 0) is 12.3 Å². The lowest BCUT2D eigenvalue weighted by atomic mass is 10.1. The highest BCUT2D eigenvalue weighted by Crippen LogP contribution is 2.36. The Balaban J connectivity index is 2.63. The second-order valence-corrected chi connectivity index (χ2v) is 4.51. The molecule has 1 aromatic carbocycles. The molecule has 0 saturated heterocycles. The number of rotatable bonds is 2. The zero-order valence-electron chi connectivity index (χ0n) is 9.80. The molecule has 0 atom stereocenters. The molecule has 0 unspecified atom stereocenters. The number of aromatic nitrogens is 2. The van der Waals surface area contributed by atoms with E-state index in [-0.39, 0.29) is 6.07 Å². The van der Waals surface area contributed by atoms with Gasteiger partial charge in [-0.1, -0.05) is 0 Å². The fourth-order valence-electron chi connectivity index (χ4n) is 1.56. The van der Waals surface area contributed by atoms with Crippen molar-refractivity contribution in [3.05, 3.63) is 41.3 Å². The van der Waals surface area contributed by atoms with Gasteiger partial charge >= 0.3 is 6.18 Å². The number of alkyl halides is 3. The van der Waals surface area contributed by atoms with Crippen LogP contribution in [-0.2, 0) is 6.18 Å². The summed E-state index contributed by atoms with van der Waals surface area (Å²) in [5, 5.41) is 4.18. The van der Waals surface area contributed by atoms with Crippen molar-refractivity contribution in [2.45, 2.75) is 11.2 Å². The van der Waals surface area contributed by atoms with Crippen LogP contribution in [0.1, 0.15) is 5.56 Å². The number of benzene rings is 1. The Labute approximate surface area is 113 Å². The number of thioether (sulfide) groups is 1. The van der Waals surface area contributed by atoms with E-state index in [1.165, 1.54) is 24.0 Å². The van der Waals surface area contributed by atoms with E-state index in [9.17, 15) is 26.3 Å². The summed E-state index contributed by atoms with van der Waals surface area (Å²) in [6, 6.07) is 1.69. The SMILES string of the molecule is CSc1ccn(-c2cc(F)c(C(F)(F)F)c(F)c2F)n1. The van der Waals surface area contributed by atoms with Crippen LogP contribution in [0.2, 0.25) is 0 Å². The fraction of sp³-hybridized carbons (Fsp3) is 0.182. The minimum Gasteiger partial charge on any atom is -0.237 e. The van der Waals surface area contributed by atoms with Crippen LogP contribution in [-0.4, -0.2) is 16.0 Å². The highest BCUT2D eigenvalue weighted by Gasteiger charge is 2.40. The van der Waals surface area contributed by atoms with Crippen LogP contribution in [0.5, 0.6) is 0 Å². The molecular weight excluding hydrogens is 306 g/mol. The van der Waals surface area contributed by atoms with Gasteiger partial charge in [0.1, 0.15) is 22.1 Å². The van der Waals surface area contributed by atoms with Crippen molar-refractivity contribution in [1.29, 1.82) is 0 Å². The van der Waals surface area contributed by atoms with Gasteiger partial charge in [-0.2, -0.15) is 18.3 Å². The third-order valence-corrected chi connectivity index (χ3v) is 3.08. The molecule has 0 N–H and O–H groups in total. The van der Waals surface area contributed by atoms with E-state index in [4.69, 9.17) is 0 Å². The molecule has 0 aliphatic rings. The molecule has 0 aliphatic heterocycles. The number of hydrogen-bond donors (Lipinski definition) is 0. The molecule has 2 rings (SSSR count). The van der Waals surface area contributed by atoms with Crippen molar-refractivity contribution in [2.75, 3.05) is 6.26 Å². The van der Waals surface area contributed by atoms with Crippen LogP contribution < -0.4 is 0 Å². The first kappa shape index (κ1) is 14.8. The maximum atomic E-state index is 13.7. The predicted octanol–water partition coefficient (Wildman–Crippen LogP) is 4.03. The first-order valence-electron chi connectivity index (χ1n) is 5.10. The molecule has 2 aromatic rings. The molecule has 9 heteroatoms. The minimum absolute atomic E-state index is 0.262. The Bertz CT molecular complexity index is 649. The summed E-state index contributed by atoms with van der Waals surface area (Å²) in [6.45, 7) is 0. The normalized spacial score (nSPS) is 11.9. The number of hydrogen-bond acceptors (Lipinski definition) is 2. The Morgan fingerprint density at radius 2 is 1.80 bits per heavy atom. The van der Waals surface area contributed by atoms with E-state index in [1.807, 2.05) is 0 Å². The molecule has 0 saturated carbocycles. The first-order valence-corrected chi connectivity index (χ1v) is 6.33. The maximum absolute atomic E-state index is 13.7. The van der Waals surface area contributed by atoms with Crippen molar-refractivity contribution < 1.29 is 26.3 Å². The van der Waals surface area contributed by atoms with E-state index in [0.29, 0.717) is 5.03 Å². The van der Waals surface area contributed by atoms with Gasteiger partial charge < -0.3 is 0 Å². The number of nitrogens with zero attached hydrogens (tertiary/aromatic N) is 2. The van der Waals surface area contributed by atoms with E-state index in [1.54, 1.807) is 6.26 Å². The van der Waals surface area contributed by atoms with Crippen molar-refractivity contribution in [3.8, 4) is 5.69 Å². The molecule has 0 bridgehead atoms. The van der Waals surface area contributed by atoms with E-state index >= 15 is 0 Å². The van der Waals surface area contributed by atoms with Gasteiger partial charge in [0.25, 0.3) is 0 Å². The fourth-order valence-corrected chi connectivity index (χ4v) is 1.93. The second-order valence-electron chi connectivity index (χ2n) is 3.68. The molecule has 1 heterocycles. The molecule has 0 spiro atoms. The van der Waals surface area contributed by atoms with E-state index < -0.39 is 34.9 Å². The topological polar surface area (TPSA) is 17.8 Å². The van der Waals surface area contributed by atoms with E-state index in [0.717, 1.165) is 4.68 Å². The maximum Gasteiger partial charge on any atom is 0.422 e. The summed E-state index contributed by atoms with van der Waals surface area (Å²) in [6.07, 6.45) is -2.46. The minimum atomic E-state index is -5.32. The van der Waals surface area contributed by atoms with E-state index in [2.05, 4.69) is 5.10 Å². The Hall–Kier alpha value is -1.64. The van der Waals surface area contributed by atoms with Crippen molar-refractivity contribution in [2.24, 2.45) is 0 Å². The molecule has 0 fully saturated rings. The highest BCUT2D eigenvalue weighted by molar-refractivity contribution is 7.98. The summed E-state index contributed by atoms with van der Waals surface area (Å²) in [5.74, 6) is -5.99. The van der Waals surface area contributed by atoms with Gasteiger partial charge in [0, 0.05) is 12.3 Å². The summed E-state index contributed by atoms with van der Waals surface area (Å²) in [7, 11) is 0. The van der Waals surface area contributed by atoms with Gasteiger partial charge in [0.2, 0.25) is 0 Å². The van der Waals surface area contributed by atoms with Gasteiger partial charge in [-0.15, -0.1) is 11.8 Å². The largest absolute Gasteiger partial charge is 0.422 e. The molecular formula is C11H6F6N2S. The number of halogens is 6. The molecule has 0 radical (unpaired) electrons. The van der Waals surface area contributed by atoms with Gasteiger partial charge in [-0.25, -0.2) is 17.9 Å². The lowest BCUT2D eigenvalue weighted by molar-refractivity contribution is -0.142. The van der Waals surface area contributed by atoms with Crippen molar-refractivity contribution >= 4 is 11.8 Å². The molecule has 108 valence electrons. The smallest absolute Gasteiger partial charge is 0.237 e.